The number of hydrogen-bond acceptors (Lipinski definition) is 0. The average Bonchev–Trinajstić information content (AvgIpc) is 2.29. The highest BCUT2D eigenvalue weighted by Crippen LogP contribution is 2.21. The van der Waals surface area contributed by atoms with Gasteiger partial charge in [-0.2, -0.15) is 4.90 Å². The summed E-state index contributed by atoms with van der Waals surface area (Å²) in [6.07, 6.45) is 7.27. The van der Waals surface area contributed by atoms with Crippen molar-refractivity contribution >= 4 is 0 Å². The van der Waals surface area contributed by atoms with Gasteiger partial charge in [0.2, 0.25) is 0 Å². The van der Waals surface area contributed by atoms with Gasteiger partial charge in [0.25, 0.3) is 0 Å². The van der Waals surface area contributed by atoms with Crippen molar-refractivity contribution in [1.29, 1.82) is 0 Å². The lowest BCUT2D eigenvalue weighted by atomic mass is 9.83. The standard InChI is InChI=1S/C16H27N.ClH/c1-6-11-16(12-7-2,13-8-3)17(14-9-4)15-10-5;/h6-8,11-13H2,1-5H3;1H. The summed E-state index contributed by atoms with van der Waals surface area (Å²) in [7, 11) is 0. The lowest BCUT2D eigenvalue weighted by Crippen LogP contribution is -3.13. The smallest absolute Gasteiger partial charge is 0.150 e. The molecule has 0 heterocycles. The second-order valence-corrected chi connectivity index (χ2v) is 4.66. The van der Waals surface area contributed by atoms with Gasteiger partial charge in [0.1, 0.15) is 17.6 Å². The lowest BCUT2D eigenvalue weighted by Gasteiger charge is -2.33. The van der Waals surface area contributed by atoms with Crippen LogP contribution in [0.4, 0.5) is 0 Å². The van der Waals surface area contributed by atoms with Gasteiger partial charge in [0, 0.05) is 33.1 Å². The Morgan fingerprint density at radius 2 is 1.11 bits per heavy atom. The zero-order chi connectivity index (χ0) is 13.1. The van der Waals surface area contributed by atoms with Crippen LogP contribution < -0.4 is 17.3 Å². The molecule has 0 fully saturated rings. The molecule has 1 nitrogen and oxygen atoms in total. The molecule has 0 atom stereocenters. The van der Waals surface area contributed by atoms with E-state index in [4.69, 9.17) is 0 Å². The zero-order valence-electron chi connectivity index (χ0n) is 12.6. The lowest BCUT2D eigenvalue weighted by molar-refractivity contribution is -0.822. The van der Waals surface area contributed by atoms with Crippen LogP contribution in [0.2, 0.25) is 0 Å². The molecule has 0 aromatic carbocycles. The van der Waals surface area contributed by atoms with Crippen molar-refractivity contribution in [3.63, 3.8) is 0 Å². The topological polar surface area (TPSA) is 4.44 Å². The first-order chi connectivity index (χ1) is 8.20. The number of rotatable bonds is 7. The quantitative estimate of drug-likeness (QED) is 0.620. The summed E-state index contributed by atoms with van der Waals surface area (Å²) in [4.78, 5) is 1.17. The van der Waals surface area contributed by atoms with Gasteiger partial charge in [-0.25, -0.2) is 0 Å². The van der Waals surface area contributed by atoms with Crippen LogP contribution in [0.1, 0.15) is 73.1 Å². The van der Waals surface area contributed by atoms with Crippen molar-refractivity contribution in [3.05, 3.63) is 0 Å². The van der Waals surface area contributed by atoms with Crippen LogP contribution in [0.15, 0.2) is 0 Å². The van der Waals surface area contributed by atoms with Gasteiger partial charge in [-0.3, -0.25) is 0 Å². The molecule has 104 valence electrons. The van der Waals surface area contributed by atoms with E-state index < -0.39 is 0 Å². The molecule has 0 aliphatic carbocycles. The molecular weight excluding hydrogens is 242 g/mol. The molecule has 0 saturated carbocycles. The normalized spacial score (nSPS) is 9.89. The van der Waals surface area contributed by atoms with Crippen LogP contribution in [-0.4, -0.2) is 5.54 Å². The first kappa shape index (κ1) is 19.7. The predicted molar refractivity (Wildman–Crippen MR) is 75.3 cm³/mol. The molecule has 0 saturated heterocycles. The molecule has 0 aromatic rings. The fourth-order valence-corrected chi connectivity index (χ4v) is 2.73. The minimum atomic E-state index is 0. The molecule has 0 aliphatic heterocycles. The van der Waals surface area contributed by atoms with Crippen molar-refractivity contribution in [2.45, 2.75) is 78.7 Å². The van der Waals surface area contributed by atoms with E-state index in [2.05, 4.69) is 44.7 Å². The van der Waals surface area contributed by atoms with Crippen LogP contribution in [0, 0.1) is 23.9 Å². The molecular formula is C16H28ClN. The maximum Gasteiger partial charge on any atom is 0.150 e. The first-order valence-electron chi connectivity index (χ1n) is 6.93. The molecule has 0 unspecified atom stereocenters. The summed E-state index contributed by atoms with van der Waals surface area (Å²) >= 11 is 0. The number of halogens is 1. The van der Waals surface area contributed by atoms with Crippen molar-refractivity contribution in [2.24, 2.45) is 0 Å². The molecule has 0 bridgehead atoms. The SMILES string of the molecule is CC#C[NH+](C#CC)C(CCC)(CCC)CCC.[Cl-]. The van der Waals surface area contributed by atoms with Gasteiger partial charge in [-0.05, 0) is 11.8 Å². The molecule has 0 aliphatic rings. The average molecular weight is 270 g/mol. The minimum Gasteiger partial charge on any atom is -1.00 e. The van der Waals surface area contributed by atoms with E-state index in [-0.39, 0.29) is 17.9 Å². The summed E-state index contributed by atoms with van der Waals surface area (Å²) in [6, 6.07) is 6.54. The largest absolute Gasteiger partial charge is 1.00 e. The maximum absolute atomic E-state index is 3.27. The van der Waals surface area contributed by atoms with E-state index in [1.807, 2.05) is 13.8 Å². The third kappa shape index (κ3) is 5.81. The van der Waals surface area contributed by atoms with Gasteiger partial charge in [-0.1, -0.05) is 40.0 Å². The Balaban J connectivity index is 0. The Morgan fingerprint density at radius 3 is 1.33 bits per heavy atom. The Hall–Kier alpha value is -0.630. The van der Waals surface area contributed by atoms with Crippen LogP contribution in [0.5, 0.6) is 0 Å². The van der Waals surface area contributed by atoms with Crippen LogP contribution in [0.3, 0.4) is 0 Å². The predicted octanol–water partition coefficient (Wildman–Crippen LogP) is -0.0240. The molecule has 1 N–H and O–H groups in total. The van der Waals surface area contributed by atoms with Gasteiger partial charge in [0.15, 0.2) is 0 Å². The summed E-state index contributed by atoms with van der Waals surface area (Å²) in [5.74, 6) is 6.09. The molecule has 0 amide bonds. The Labute approximate surface area is 120 Å². The van der Waals surface area contributed by atoms with Gasteiger partial charge >= 0.3 is 0 Å². The van der Waals surface area contributed by atoms with E-state index in [0.29, 0.717) is 0 Å². The third-order valence-corrected chi connectivity index (χ3v) is 3.22. The number of nitrogens with one attached hydrogen (secondary N) is 1. The van der Waals surface area contributed by atoms with E-state index >= 15 is 0 Å². The fourth-order valence-electron chi connectivity index (χ4n) is 2.73. The third-order valence-electron chi connectivity index (χ3n) is 3.22. The van der Waals surface area contributed by atoms with Crippen molar-refractivity contribution in [1.82, 2.24) is 0 Å². The highest BCUT2D eigenvalue weighted by Gasteiger charge is 2.37. The summed E-state index contributed by atoms with van der Waals surface area (Å²) in [6.45, 7) is 10.6. The van der Waals surface area contributed by atoms with Crippen LogP contribution in [-0.2, 0) is 0 Å². The maximum atomic E-state index is 3.27. The monoisotopic (exact) mass is 269 g/mol. The minimum absolute atomic E-state index is 0. The van der Waals surface area contributed by atoms with Crippen molar-refractivity contribution < 1.29 is 17.3 Å². The second-order valence-electron chi connectivity index (χ2n) is 4.66. The van der Waals surface area contributed by atoms with E-state index in [0.717, 1.165) is 0 Å². The Kier molecular flexibility index (Phi) is 12.5. The summed E-state index contributed by atoms with van der Waals surface area (Å²) in [5.41, 5.74) is 0.240. The highest BCUT2D eigenvalue weighted by atomic mass is 35.5. The fraction of sp³-hybridized carbons (Fsp3) is 0.750. The van der Waals surface area contributed by atoms with Gasteiger partial charge in [0.05, 0.1) is 0 Å². The number of quaternary nitrogens is 1. The molecule has 0 rings (SSSR count). The van der Waals surface area contributed by atoms with E-state index in [1.165, 1.54) is 43.4 Å². The summed E-state index contributed by atoms with van der Waals surface area (Å²) < 4.78 is 0. The Bertz CT molecular complexity index is 276. The molecule has 2 heteroatoms. The van der Waals surface area contributed by atoms with Crippen molar-refractivity contribution in [2.75, 3.05) is 0 Å². The first-order valence-corrected chi connectivity index (χ1v) is 6.93. The molecule has 18 heavy (non-hydrogen) atoms. The van der Waals surface area contributed by atoms with Crippen LogP contribution in [0.25, 0.3) is 0 Å². The second kappa shape index (κ2) is 11.5. The van der Waals surface area contributed by atoms with E-state index in [1.54, 1.807) is 0 Å². The van der Waals surface area contributed by atoms with Gasteiger partial charge < -0.3 is 12.4 Å². The summed E-state index contributed by atoms with van der Waals surface area (Å²) in [5, 5.41) is 0. The van der Waals surface area contributed by atoms with E-state index in [9.17, 15) is 0 Å². The molecule has 0 aromatic heterocycles. The highest BCUT2D eigenvalue weighted by molar-refractivity contribution is 4.97. The van der Waals surface area contributed by atoms with Gasteiger partial charge in [-0.15, -0.1) is 0 Å². The molecule has 0 radical (unpaired) electrons. The zero-order valence-corrected chi connectivity index (χ0v) is 13.4. The number of hydrogen-bond donors (Lipinski definition) is 1. The molecule has 0 spiro atoms. The van der Waals surface area contributed by atoms with Crippen molar-refractivity contribution in [3.8, 4) is 23.9 Å². The van der Waals surface area contributed by atoms with Crippen LogP contribution >= 0.6 is 0 Å². The Morgan fingerprint density at radius 1 is 0.778 bits per heavy atom.